The number of benzene rings is 4. The summed E-state index contributed by atoms with van der Waals surface area (Å²) in [6.07, 6.45) is 3.26. The van der Waals surface area contributed by atoms with Gasteiger partial charge in [-0.25, -0.2) is 0 Å². The molecule has 0 fully saturated rings. The highest BCUT2D eigenvalue weighted by molar-refractivity contribution is 9.11. The molecule has 1 aliphatic rings. The zero-order valence-corrected chi connectivity index (χ0v) is 43.1. The Hall–Kier alpha value is -3.76. The molecule has 0 unspecified atom stereocenters. The molecule has 340 valence electrons. The average Bonchev–Trinajstić information content (AvgIpc) is 3.23. The summed E-state index contributed by atoms with van der Waals surface area (Å²) in [5.41, 5.74) is 8.35. The van der Waals surface area contributed by atoms with E-state index in [0.29, 0.717) is 23.7 Å². The number of ether oxygens (including phenoxy) is 8. The van der Waals surface area contributed by atoms with Crippen LogP contribution in [0, 0.1) is 23.7 Å². The van der Waals surface area contributed by atoms with E-state index in [-0.39, 0.29) is 23.7 Å². The molecular weight excluding hydrogens is 912 g/mol. The van der Waals surface area contributed by atoms with E-state index in [1.54, 1.807) is 56.9 Å². The van der Waals surface area contributed by atoms with Crippen molar-refractivity contribution in [3.8, 4) is 46.0 Å². The van der Waals surface area contributed by atoms with Gasteiger partial charge in [0.05, 0.1) is 56.9 Å². The van der Waals surface area contributed by atoms with Crippen molar-refractivity contribution in [3.63, 3.8) is 0 Å². The van der Waals surface area contributed by atoms with Crippen LogP contribution in [0.1, 0.15) is 149 Å². The monoisotopic (exact) mass is 980 g/mol. The first kappa shape index (κ1) is 49.3. The first-order valence-electron chi connectivity index (χ1n) is 21.9. The van der Waals surface area contributed by atoms with Gasteiger partial charge in [0.15, 0.2) is 0 Å². The fourth-order valence-corrected chi connectivity index (χ4v) is 11.3. The second kappa shape index (κ2) is 21.3. The molecule has 0 saturated carbocycles. The van der Waals surface area contributed by atoms with Gasteiger partial charge in [-0.05, 0) is 105 Å². The second-order valence-corrected chi connectivity index (χ2v) is 19.9. The molecule has 4 atom stereocenters. The third kappa shape index (κ3) is 9.81. The van der Waals surface area contributed by atoms with Crippen LogP contribution in [0.2, 0.25) is 0 Å². The van der Waals surface area contributed by atoms with E-state index >= 15 is 0 Å². The van der Waals surface area contributed by atoms with Crippen LogP contribution in [-0.4, -0.2) is 56.9 Å². The lowest BCUT2D eigenvalue weighted by Crippen LogP contribution is -2.17. The number of hydrogen-bond donors (Lipinski definition) is 0. The van der Waals surface area contributed by atoms with Gasteiger partial charge < -0.3 is 37.9 Å². The van der Waals surface area contributed by atoms with Crippen LogP contribution >= 0.6 is 31.9 Å². The summed E-state index contributed by atoms with van der Waals surface area (Å²) in [5, 5.41) is 0. The maximum atomic E-state index is 6.39. The molecule has 4 aromatic rings. The number of rotatable bonds is 16. The Kier molecular flexibility index (Phi) is 16.9. The number of hydrogen-bond acceptors (Lipinski definition) is 8. The molecule has 62 heavy (non-hydrogen) atoms. The maximum Gasteiger partial charge on any atom is 0.140 e. The molecule has 0 heterocycles. The van der Waals surface area contributed by atoms with Crippen molar-refractivity contribution in [2.75, 3.05) is 56.9 Å². The van der Waals surface area contributed by atoms with E-state index in [4.69, 9.17) is 37.9 Å². The van der Waals surface area contributed by atoms with Crippen molar-refractivity contribution in [1.82, 2.24) is 0 Å². The van der Waals surface area contributed by atoms with Crippen LogP contribution in [-0.2, 0) is 0 Å². The van der Waals surface area contributed by atoms with Gasteiger partial charge in [0, 0.05) is 80.3 Å². The SMILES string of the molecule is COc1cc(OC)c2cc1[C@@H](CC(C)C)c1cc(c(OC)c(Br)c1OC)[C@@H](CC(C)C)c1cc(c(OC)cc1OC)[C@@H](CC(C)C)c1cc(c(OC)c(Br)c1OC)[C@H]2CC(C)C. The van der Waals surface area contributed by atoms with Crippen molar-refractivity contribution in [3.05, 3.63) is 89.9 Å². The summed E-state index contributed by atoms with van der Waals surface area (Å²) in [6.45, 7) is 18.1. The van der Waals surface area contributed by atoms with Gasteiger partial charge in [-0.2, -0.15) is 0 Å². The number of fused-ring (bicyclic) bond motifs is 8. The topological polar surface area (TPSA) is 73.8 Å². The lowest BCUT2D eigenvalue weighted by atomic mass is 9.75. The highest BCUT2D eigenvalue weighted by atomic mass is 79.9. The standard InChI is InChI=1S/C52H70Br2O8/c1-27(2)17-31-35-21-36(44(56-10)25-43(35)55-9)32(18-28(3)4)41-24-42(52(62-16)48(54)51(41)61-15)34(20-30(7)8)38-22-37(45(57-11)26-46(38)58-12)33(19-29(5)6)40-23-39(31)49(59-13)47(53)50(40)60-14/h21-34H,17-20H2,1-16H3/t31-,32+,33+,34-. The molecule has 0 radical (unpaired) electrons. The molecule has 0 N–H and O–H groups in total. The van der Waals surface area contributed by atoms with Crippen LogP contribution in [0.5, 0.6) is 46.0 Å². The Labute approximate surface area is 388 Å². The maximum absolute atomic E-state index is 6.39. The summed E-state index contributed by atoms with van der Waals surface area (Å²) in [5.74, 6) is 6.55. The first-order valence-corrected chi connectivity index (χ1v) is 23.5. The molecule has 0 spiro atoms. The van der Waals surface area contributed by atoms with Gasteiger partial charge in [-0.15, -0.1) is 0 Å². The Balaban J connectivity index is 2.17. The van der Waals surface area contributed by atoms with E-state index < -0.39 is 0 Å². The summed E-state index contributed by atoms with van der Waals surface area (Å²) in [7, 11) is 13.9. The van der Waals surface area contributed by atoms with E-state index in [0.717, 1.165) is 125 Å². The minimum Gasteiger partial charge on any atom is -0.496 e. The van der Waals surface area contributed by atoms with Crippen LogP contribution in [0.3, 0.4) is 0 Å². The van der Waals surface area contributed by atoms with Crippen molar-refractivity contribution in [2.24, 2.45) is 23.7 Å². The van der Waals surface area contributed by atoms with Gasteiger partial charge in [0.1, 0.15) is 54.9 Å². The van der Waals surface area contributed by atoms with Gasteiger partial charge in [-0.1, -0.05) is 55.4 Å². The first-order chi connectivity index (χ1) is 29.5. The lowest BCUT2D eigenvalue weighted by molar-refractivity contribution is 0.365. The summed E-state index contributed by atoms with van der Waals surface area (Å²) < 4.78 is 52.4. The molecule has 0 aromatic heterocycles. The highest BCUT2D eigenvalue weighted by Gasteiger charge is 2.37. The van der Waals surface area contributed by atoms with E-state index in [9.17, 15) is 0 Å². The molecule has 8 nitrogen and oxygen atoms in total. The third-order valence-electron chi connectivity index (χ3n) is 12.3. The zero-order valence-electron chi connectivity index (χ0n) is 39.9. The molecule has 1 aliphatic carbocycles. The molecule has 8 bridgehead atoms. The predicted octanol–water partition coefficient (Wildman–Crippen LogP) is 14.3. The average molecular weight is 983 g/mol. The Morgan fingerprint density at radius 2 is 0.516 bits per heavy atom. The second-order valence-electron chi connectivity index (χ2n) is 18.3. The van der Waals surface area contributed by atoms with Crippen LogP contribution in [0.25, 0.3) is 0 Å². The van der Waals surface area contributed by atoms with E-state index in [2.05, 4.69) is 124 Å². The Bertz CT molecular complexity index is 1890. The van der Waals surface area contributed by atoms with E-state index in [1.165, 1.54) is 0 Å². The minimum absolute atomic E-state index is 0.151. The zero-order chi connectivity index (χ0) is 45.7. The fraction of sp³-hybridized carbons (Fsp3) is 0.538. The Morgan fingerprint density at radius 1 is 0.323 bits per heavy atom. The largest absolute Gasteiger partial charge is 0.496 e. The van der Waals surface area contributed by atoms with Gasteiger partial charge in [-0.3, -0.25) is 0 Å². The summed E-state index contributed by atoms with van der Waals surface area (Å²) in [4.78, 5) is 0. The molecule has 0 amide bonds. The van der Waals surface area contributed by atoms with Crippen LogP contribution in [0.4, 0.5) is 0 Å². The lowest BCUT2D eigenvalue weighted by Gasteiger charge is -2.33. The van der Waals surface area contributed by atoms with Crippen molar-refractivity contribution >= 4 is 31.9 Å². The highest BCUT2D eigenvalue weighted by Crippen LogP contribution is 2.56. The van der Waals surface area contributed by atoms with Crippen molar-refractivity contribution in [2.45, 2.75) is 105 Å². The number of methoxy groups -OCH3 is 8. The smallest absolute Gasteiger partial charge is 0.140 e. The van der Waals surface area contributed by atoms with Gasteiger partial charge >= 0.3 is 0 Å². The summed E-state index contributed by atoms with van der Waals surface area (Å²) in [6, 6.07) is 13.4. The minimum atomic E-state index is -0.151. The quantitative estimate of drug-likeness (QED) is 0.110. The van der Waals surface area contributed by atoms with E-state index in [1.807, 2.05) is 0 Å². The molecule has 4 aromatic carbocycles. The van der Waals surface area contributed by atoms with Gasteiger partial charge in [0.25, 0.3) is 0 Å². The molecular formula is C52H70Br2O8. The number of halogens is 2. The molecule has 0 saturated heterocycles. The molecule has 0 aliphatic heterocycles. The Morgan fingerprint density at radius 3 is 0.677 bits per heavy atom. The van der Waals surface area contributed by atoms with Crippen LogP contribution in [0.15, 0.2) is 45.3 Å². The third-order valence-corrected chi connectivity index (χ3v) is 13.7. The fourth-order valence-electron chi connectivity index (χ4n) is 9.73. The van der Waals surface area contributed by atoms with Gasteiger partial charge in [0.2, 0.25) is 0 Å². The van der Waals surface area contributed by atoms with Crippen molar-refractivity contribution in [1.29, 1.82) is 0 Å². The molecule has 5 rings (SSSR count). The predicted molar refractivity (Wildman–Crippen MR) is 259 cm³/mol. The van der Waals surface area contributed by atoms with Crippen LogP contribution < -0.4 is 37.9 Å². The molecule has 10 heteroatoms. The van der Waals surface area contributed by atoms with Crippen molar-refractivity contribution < 1.29 is 37.9 Å². The summed E-state index contributed by atoms with van der Waals surface area (Å²) >= 11 is 8.10. The normalized spacial score (nSPS) is 17.4.